The predicted octanol–water partition coefficient (Wildman–Crippen LogP) is 3.51. The van der Waals surface area contributed by atoms with E-state index in [1.54, 1.807) is 48.5 Å². The van der Waals surface area contributed by atoms with E-state index < -0.39 is 10.0 Å². The quantitative estimate of drug-likeness (QED) is 0.702. The molecule has 2 aromatic carbocycles. The maximum absolute atomic E-state index is 12.5. The van der Waals surface area contributed by atoms with E-state index in [1.165, 1.54) is 6.07 Å². The van der Waals surface area contributed by atoms with Crippen LogP contribution in [0, 0.1) is 25.2 Å². The number of anilines is 3. The van der Waals surface area contributed by atoms with Gasteiger partial charge in [-0.25, -0.2) is 8.42 Å². The Morgan fingerprint density at radius 3 is 2.33 bits per heavy atom. The molecule has 136 valence electrons. The van der Waals surface area contributed by atoms with Crippen molar-refractivity contribution in [3.05, 3.63) is 71.3 Å². The largest absolute Gasteiger partial charge is 0.339 e. The second-order valence-electron chi connectivity index (χ2n) is 5.97. The van der Waals surface area contributed by atoms with Gasteiger partial charge in [-0.3, -0.25) is 4.72 Å². The topological polar surface area (TPSA) is 108 Å². The lowest BCUT2D eigenvalue weighted by Gasteiger charge is -2.09. The first-order valence-corrected chi connectivity index (χ1v) is 9.57. The third-order valence-electron chi connectivity index (χ3n) is 3.96. The van der Waals surface area contributed by atoms with E-state index >= 15 is 0 Å². The highest BCUT2D eigenvalue weighted by Gasteiger charge is 2.15. The maximum Gasteiger partial charge on any atom is 0.263 e. The highest BCUT2D eigenvalue weighted by atomic mass is 32.2. The molecule has 0 unspecified atom stereocenters. The lowest BCUT2D eigenvalue weighted by Crippen LogP contribution is -2.14. The summed E-state index contributed by atoms with van der Waals surface area (Å²) in [5.74, 6) is 0.545. The lowest BCUT2D eigenvalue weighted by atomic mass is 10.1. The minimum atomic E-state index is -3.74. The Morgan fingerprint density at radius 1 is 0.926 bits per heavy atom. The third kappa shape index (κ3) is 4.40. The number of nitrogens with one attached hydrogen (secondary N) is 2. The molecule has 0 spiro atoms. The van der Waals surface area contributed by atoms with Crippen molar-refractivity contribution in [2.75, 3.05) is 10.0 Å². The summed E-state index contributed by atoms with van der Waals surface area (Å²) in [6.07, 6.45) is 0. The molecule has 2 N–H and O–H groups in total. The molecular formula is C19H17N5O2S. The van der Waals surface area contributed by atoms with Crippen LogP contribution in [0.5, 0.6) is 0 Å². The van der Waals surface area contributed by atoms with Gasteiger partial charge in [-0.2, -0.15) is 5.26 Å². The first kappa shape index (κ1) is 18.4. The van der Waals surface area contributed by atoms with Crippen LogP contribution in [-0.4, -0.2) is 18.6 Å². The van der Waals surface area contributed by atoms with Gasteiger partial charge in [0.15, 0.2) is 11.6 Å². The summed E-state index contributed by atoms with van der Waals surface area (Å²) in [6, 6.07) is 17.0. The third-order valence-corrected chi connectivity index (χ3v) is 5.31. The van der Waals surface area contributed by atoms with Crippen LogP contribution < -0.4 is 10.0 Å². The van der Waals surface area contributed by atoms with Crippen molar-refractivity contribution in [1.29, 1.82) is 5.26 Å². The van der Waals surface area contributed by atoms with Crippen LogP contribution in [-0.2, 0) is 10.0 Å². The minimum absolute atomic E-state index is 0.115. The van der Waals surface area contributed by atoms with Crippen LogP contribution in [0.4, 0.5) is 17.3 Å². The van der Waals surface area contributed by atoms with Gasteiger partial charge >= 0.3 is 0 Å². The van der Waals surface area contributed by atoms with Crippen molar-refractivity contribution in [2.45, 2.75) is 18.7 Å². The number of nitriles is 1. The molecule has 0 saturated heterocycles. The first-order valence-electron chi connectivity index (χ1n) is 8.08. The molecular weight excluding hydrogens is 362 g/mol. The Bertz CT molecular complexity index is 1120. The van der Waals surface area contributed by atoms with E-state index in [1.807, 2.05) is 13.8 Å². The van der Waals surface area contributed by atoms with Crippen molar-refractivity contribution in [2.24, 2.45) is 0 Å². The van der Waals surface area contributed by atoms with E-state index in [0.29, 0.717) is 17.1 Å². The monoisotopic (exact) mass is 379 g/mol. The number of sulfonamides is 1. The molecule has 1 heterocycles. The highest BCUT2D eigenvalue weighted by molar-refractivity contribution is 7.92. The van der Waals surface area contributed by atoms with E-state index in [0.717, 1.165) is 11.1 Å². The summed E-state index contributed by atoms with van der Waals surface area (Å²) < 4.78 is 27.4. The molecule has 3 rings (SSSR count). The number of benzene rings is 2. The molecule has 0 aliphatic carbocycles. The minimum Gasteiger partial charge on any atom is -0.339 e. The fraction of sp³-hybridized carbons (Fsp3) is 0.105. The molecule has 8 heteroatoms. The van der Waals surface area contributed by atoms with Gasteiger partial charge in [-0.15, -0.1) is 10.2 Å². The van der Waals surface area contributed by atoms with Crippen molar-refractivity contribution in [3.8, 4) is 6.07 Å². The average Bonchev–Trinajstić information content (AvgIpc) is 2.65. The van der Waals surface area contributed by atoms with Crippen molar-refractivity contribution >= 4 is 27.3 Å². The van der Waals surface area contributed by atoms with E-state index in [4.69, 9.17) is 5.26 Å². The molecule has 0 aliphatic rings. The van der Waals surface area contributed by atoms with Gasteiger partial charge in [0.2, 0.25) is 0 Å². The SMILES string of the molecule is Cc1ccc(S(=O)(=O)Nc2ccc(Nc3cccc(C#N)c3)nn2)cc1C. The Hall–Kier alpha value is -3.44. The molecule has 0 saturated carbocycles. The van der Waals surface area contributed by atoms with Crippen LogP contribution in [0.15, 0.2) is 59.5 Å². The fourth-order valence-corrected chi connectivity index (χ4v) is 3.43. The maximum atomic E-state index is 12.5. The zero-order valence-electron chi connectivity index (χ0n) is 14.8. The van der Waals surface area contributed by atoms with Crippen LogP contribution in [0.1, 0.15) is 16.7 Å². The zero-order chi connectivity index (χ0) is 19.4. The normalized spacial score (nSPS) is 10.9. The fourth-order valence-electron chi connectivity index (χ4n) is 2.35. The summed E-state index contributed by atoms with van der Waals surface area (Å²) in [7, 11) is -3.74. The Morgan fingerprint density at radius 2 is 1.67 bits per heavy atom. The molecule has 3 aromatic rings. The second-order valence-corrected chi connectivity index (χ2v) is 7.66. The van der Waals surface area contributed by atoms with E-state index in [-0.39, 0.29) is 10.7 Å². The molecule has 0 aliphatic heterocycles. The summed E-state index contributed by atoms with van der Waals surface area (Å²) in [5, 5.41) is 19.8. The van der Waals surface area contributed by atoms with E-state index in [2.05, 4.69) is 26.3 Å². The molecule has 7 nitrogen and oxygen atoms in total. The van der Waals surface area contributed by atoms with E-state index in [9.17, 15) is 8.42 Å². The summed E-state index contributed by atoms with van der Waals surface area (Å²) in [4.78, 5) is 0.169. The van der Waals surface area contributed by atoms with Crippen LogP contribution >= 0.6 is 0 Å². The van der Waals surface area contributed by atoms with Crippen molar-refractivity contribution in [1.82, 2.24) is 10.2 Å². The Kier molecular flexibility index (Phi) is 5.05. The number of nitrogens with zero attached hydrogens (tertiary/aromatic N) is 3. The molecule has 0 amide bonds. The number of hydrogen-bond donors (Lipinski definition) is 2. The van der Waals surface area contributed by atoms with Crippen LogP contribution in [0.25, 0.3) is 0 Å². The van der Waals surface area contributed by atoms with Gasteiger partial charge in [0.1, 0.15) is 0 Å². The molecule has 0 fully saturated rings. The number of hydrogen-bond acceptors (Lipinski definition) is 6. The lowest BCUT2D eigenvalue weighted by molar-refractivity contribution is 0.601. The average molecular weight is 379 g/mol. The zero-order valence-corrected chi connectivity index (χ0v) is 15.6. The Balaban J connectivity index is 1.75. The van der Waals surface area contributed by atoms with Gasteiger partial charge in [-0.1, -0.05) is 12.1 Å². The predicted molar refractivity (Wildman–Crippen MR) is 103 cm³/mol. The Labute approximate surface area is 157 Å². The second kappa shape index (κ2) is 7.43. The number of aryl methyl sites for hydroxylation is 2. The first-order chi connectivity index (χ1) is 12.9. The number of rotatable bonds is 5. The number of aromatic nitrogens is 2. The summed E-state index contributed by atoms with van der Waals surface area (Å²) in [6.45, 7) is 3.78. The van der Waals surface area contributed by atoms with Gasteiger partial charge in [0.05, 0.1) is 16.5 Å². The highest BCUT2D eigenvalue weighted by Crippen LogP contribution is 2.19. The molecule has 1 aromatic heterocycles. The molecule has 0 atom stereocenters. The van der Waals surface area contributed by atoms with Crippen LogP contribution in [0.2, 0.25) is 0 Å². The van der Waals surface area contributed by atoms with Crippen molar-refractivity contribution in [3.63, 3.8) is 0 Å². The molecule has 0 bridgehead atoms. The summed E-state index contributed by atoms with van der Waals surface area (Å²) in [5.41, 5.74) is 3.12. The van der Waals surface area contributed by atoms with Gasteiger partial charge < -0.3 is 5.32 Å². The van der Waals surface area contributed by atoms with Gasteiger partial charge in [-0.05, 0) is 67.4 Å². The smallest absolute Gasteiger partial charge is 0.263 e. The summed E-state index contributed by atoms with van der Waals surface area (Å²) >= 11 is 0. The standard InChI is InChI=1S/C19H17N5O2S/c1-13-6-7-17(10-14(13)2)27(25,26)24-19-9-8-18(22-23-19)21-16-5-3-4-15(11-16)12-20/h3-11H,1-2H3,(H,21,22)(H,23,24). The molecule has 0 radical (unpaired) electrons. The van der Waals surface area contributed by atoms with Crippen molar-refractivity contribution < 1.29 is 8.42 Å². The van der Waals surface area contributed by atoms with Crippen LogP contribution in [0.3, 0.4) is 0 Å². The molecule has 27 heavy (non-hydrogen) atoms. The van der Waals surface area contributed by atoms with Gasteiger partial charge in [0.25, 0.3) is 10.0 Å². The van der Waals surface area contributed by atoms with Gasteiger partial charge in [0, 0.05) is 5.69 Å².